The molecule has 0 bridgehead atoms. The molecule has 0 atom stereocenters. The van der Waals surface area contributed by atoms with Crippen LogP contribution in [0.1, 0.15) is 21.7 Å². The van der Waals surface area contributed by atoms with E-state index in [0.717, 1.165) is 5.56 Å². The van der Waals surface area contributed by atoms with E-state index in [2.05, 4.69) is 24.9 Å². The number of hydrogen-bond donors (Lipinski definition) is 2. The normalized spacial score (nSPS) is 10.7. The maximum absolute atomic E-state index is 11.8. The summed E-state index contributed by atoms with van der Waals surface area (Å²) < 4.78 is 4.64. The Morgan fingerprint density at radius 3 is 2.76 bits per heavy atom. The average molecular weight is 284 g/mol. The van der Waals surface area contributed by atoms with Crippen molar-refractivity contribution in [2.24, 2.45) is 0 Å². The number of ether oxygens (including phenoxy) is 1. The van der Waals surface area contributed by atoms with Gasteiger partial charge in [0, 0.05) is 6.42 Å². The van der Waals surface area contributed by atoms with Crippen LogP contribution in [-0.4, -0.2) is 33.2 Å². The van der Waals surface area contributed by atoms with E-state index in [0.29, 0.717) is 28.8 Å². The minimum Gasteiger partial charge on any atom is -0.465 e. The number of rotatable bonds is 3. The van der Waals surface area contributed by atoms with Gasteiger partial charge in [-0.2, -0.15) is 5.10 Å². The Morgan fingerprint density at radius 2 is 2.05 bits per heavy atom. The van der Waals surface area contributed by atoms with Crippen LogP contribution in [0.3, 0.4) is 0 Å². The zero-order valence-electron chi connectivity index (χ0n) is 11.2. The van der Waals surface area contributed by atoms with Gasteiger partial charge in [0.2, 0.25) is 0 Å². The molecule has 0 fully saturated rings. The Kier molecular flexibility index (Phi) is 3.23. The number of H-pyrrole nitrogens is 2. The molecule has 0 saturated heterocycles. The highest BCUT2D eigenvalue weighted by Gasteiger charge is 2.08. The summed E-state index contributed by atoms with van der Waals surface area (Å²) >= 11 is 0. The van der Waals surface area contributed by atoms with E-state index < -0.39 is 0 Å². The molecule has 0 aliphatic heterocycles. The average Bonchev–Trinajstić information content (AvgIpc) is 2.96. The number of carbonyl (C=O) groups is 1. The number of benzene rings is 1. The van der Waals surface area contributed by atoms with Gasteiger partial charge >= 0.3 is 5.97 Å². The van der Waals surface area contributed by atoms with E-state index in [-0.39, 0.29) is 11.5 Å². The van der Waals surface area contributed by atoms with Crippen LogP contribution in [0.5, 0.6) is 0 Å². The van der Waals surface area contributed by atoms with Gasteiger partial charge in [-0.1, -0.05) is 12.1 Å². The lowest BCUT2D eigenvalue weighted by atomic mass is 10.1. The van der Waals surface area contributed by atoms with Crippen LogP contribution >= 0.6 is 0 Å². The summed E-state index contributed by atoms with van der Waals surface area (Å²) in [7, 11) is 1.34. The molecule has 2 aromatic heterocycles. The summed E-state index contributed by atoms with van der Waals surface area (Å²) in [4.78, 5) is 30.2. The van der Waals surface area contributed by atoms with Crippen molar-refractivity contribution in [3.63, 3.8) is 0 Å². The highest BCUT2D eigenvalue weighted by molar-refractivity contribution is 5.89. The number of hydrogen-bond acceptors (Lipinski definition) is 5. The Labute approximate surface area is 119 Å². The van der Waals surface area contributed by atoms with Crippen LogP contribution in [0.2, 0.25) is 0 Å². The summed E-state index contributed by atoms with van der Waals surface area (Å²) in [5.41, 5.74) is 2.04. The van der Waals surface area contributed by atoms with Gasteiger partial charge in [-0.05, 0) is 17.7 Å². The second-order valence-corrected chi connectivity index (χ2v) is 4.51. The number of carbonyl (C=O) groups excluding carboxylic acids is 1. The van der Waals surface area contributed by atoms with Crippen LogP contribution < -0.4 is 5.56 Å². The zero-order valence-corrected chi connectivity index (χ0v) is 11.2. The molecule has 21 heavy (non-hydrogen) atoms. The number of nitrogens with one attached hydrogen (secondary N) is 2. The largest absolute Gasteiger partial charge is 0.465 e. The molecular weight excluding hydrogens is 272 g/mol. The van der Waals surface area contributed by atoms with Crippen molar-refractivity contribution in [2.45, 2.75) is 6.42 Å². The van der Waals surface area contributed by atoms with Gasteiger partial charge in [0.1, 0.15) is 16.9 Å². The first-order chi connectivity index (χ1) is 10.2. The highest BCUT2D eigenvalue weighted by atomic mass is 16.5. The lowest BCUT2D eigenvalue weighted by Crippen LogP contribution is -2.12. The summed E-state index contributed by atoms with van der Waals surface area (Å²) in [6, 6.07) is 6.95. The van der Waals surface area contributed by atoms with Crippen molar-refractivity contribution in [3.8, 4) is 0 Å². The third-order valence-electron chi connectivity index (χ3n) is 3.11. The predicted octanol–water partition coefficient (Wildman–Crippen LogP) is 1.02. The predicted molar refractivity (Wildman–Crippen MR) is 75.1 cm³/mol. The van der Waals surface area contributed by atoms with E-state index in [9.17, 15) is 9.59 Å². The van der Waals surface area contributed by atoms with Gasteiger partial charge in [0.05, 0.1) is 18.9 Å². The third kappa shape index (κ3) is 2.53. The molecule has 0 aliphatic carbocycles. The van der Waals surface area contributed by atoms with E-state index in [1.54, 1.807) is 24.3 Å². The van der Waals surface area contributed by atoms with Crippen LogP contribution in [0.15, 0.2) is 35.3 Å². The molecule has 3 rings (SSSR count). The minimum atomic E-state index is -0.382. The number of aromatic nitrogens is 4. The van der Waals surface area contributed by atoms with Crippen LogP contribution in [-0.2, 0) is 11.2 Å². The zero-order chi connectivity index (χ0) is 14.8. The molecule has 1 aromatic carbocycles. The van der Waals surface area contributed by atoms with Gasteiger partial charge in [-0.25, -0.2) is 9.78 Å². The molecule has 7 nitrogen and oxygen atoms in total. The first-order valence-corrected chi connectivity index (χ1v) is 6.27. The lowest BCUT2D eigenvalue weighted by molar-refractivity contribution is 0.0600. The van der Waals surface area contributed by atoms with Gasteiger partial charge in [-0.3, -0.25) is 9.89 Å². The van der Waals surface area contributed by atoms with Crippen molar-refractivity contribution in [1.29, 1.82) is 0 Å². The fourth-order valence-corrected chi connectivity index (χ4v) is 2.05. The van der Waals surface area contributed by atoms with Crippen molar-refractivity contribution in [1.82, 2.24) is 20.2 Å². The van der Waals surface area contributed by atoms with Crippen molar-refractivity contribution >= 4 is 17.0 Å². The quantitative estimate of drug-likeness (QED) is 0.699. The van der Waals surface area contributed by atoms with Crippen LogP contribution in [0.4, 0.5) is 0 Å². The summed E-state index contributed by atoms with van der Waals surface area (Å²) in [5, 5.41) is 6.39. The third-order valence-corrected chi connectivity index (χ3v) is 3.11. The number of aromatic amines is 2. The maximum atomic E-state index is 11.8. The minimum absolute atomic E-state index is 0.251. The molecular formula is C14H12N4O3. The fraction of sp³-hybridized carbons (Fsp3) is 0.143. The Bertz CT molecular complexity index is 849. The fourth-order valence-electron chi connectivity index (χ4n) is 2.05. The molecule has 3 aromatic rings. The van der Waals surface area contributed by atoms with Gasteiger partial charge in [0.15, 0.2) is 0 Å². The van der Waals surface area contributed by atoms with E-state index in [1.165, 1.54) is 13.3 Å². The number of esters is 1. The number of nitrogens with zero attached hydrogens (tertiary/aromatic N) is 2. The van der Waals surface area contributed by atoms with E-state index in [4.69, 9.17) is 0 Å². The Hall–Kier alpha value is -2.96. The van der Waals surface area contributed by atoms with Crippen molar-refractivity contribution in [2.75, 3.05) is 7.11 Å². The topological polar surface area (TPSA) is 101 Å². The molecule has 0 saturated carbocycles. The molecule has 2 heterocycles. The smallest absolute Gasteiger partial charge is 0.337 e. The molecule has 2 N–H and O–H groups in total. The standard InChI is InChI=1S/C14H12N4O3/c1-21-14(20)9-4-2-8(3-5-9)6-11-16-10-7-15-18-12(10)13(19)17-11/h2-5,7H,6H2,1H3,(H,15,18)(H,16,17,19). The molecule has 106 valence electrons. The van der Waals surface area contributed by atoms with Crippen molar-refractivity contribution in [3.05, 3.63) is 57.8 Å². The molecule has 0 radical (unpaired) electrons. The first kappa shape index (κ1) is 13.0. The van der Waals surface area contributed by atoms with E-state index in [1.807, 2.05) is 0 Å². The summed E-state index contributed by atoms with van der Waals surface area (Å²) in [6.45, 7) is 0. The Balaban J connectivity index is 1.88. The first-order valence-electron chi connectivity index (χ1n) is 6.27. The van der Waals surface area contributed by atoms with Crippen molar-refractivity contribution < 1.29 is 9.53 Å². The second-order valence-electron chi connectivity index (χ2n) is 4.51. The highest BCUT2D eigenvalue weighted by Crippen LogP contribution is 2.10. The molecule has 7 heteroatoms. The number of methoxy groups -OCH3 is 1. The molecule has 0 amide bonds. The van der Waals surface area contributed by atoms with Crippen LogP contribution in [0.25, 0.3) is 11.0 Å². The van der Waals surface area contributed by atoms with Gasteiger partial charge < -0.3 is 9.72 Å². The SMILES string of the molecule is COC(=O)c1ccc(Cc2nc3cn[nH]c3c(=O)[nH]2)cc1. The van der Waals surface area contributed by atoms with Gasteiger partial charge in [0.25, 0.3) is 5.56 Å². The van der Waals surface area contributed by atoms with E-state index >= 15 is 0 Å². The molecule has 0 unspecified atom stereocenters. The monoisotopic (exact) mass is 284 g/mol. The maximum Gasteiger partial charge on any atom is 0.337 e. The Morgan fingerprint density at radius 1 is 1.29 bits per heavy atom. The molecule has 0 aliphatic rings. The second kappa shape index (κ2) is 5.20. The van der Waals surface area contributed by atoms with Gasteiger partial charge in [-0.15, -0.1) is 0 Å². The summed E-state index contributed by atoms with van der Waals surface area (Å²) in [6.07, 6.45) is 1.96. The number of fused-ring (bicyclic) bond motifs is 1. The molecule has 0 spiro atoms. The lowest BCUT2D eigenvalue weighted by Gasteiger charge is -2.03. The van der Waals surface area contributed by atoms with Crippen LogP contribution in [0, 0.1) is 0 Å². The summed E-state index contributed by atoms with van der Waals surface area (Å²) in [5.74, 6) is 0.160.